The van der Waals surface area contributed by atoms with Gasteiger partial charge in [0.15, 0.2) is 0 Å². The number of fused-ring (bicyclic) bond motifs is 1. The van der Waals surface area contributed by atoms with Crippen molar-refractivity contribution in [3.63, 3.8) is 0 Å². The summed E-state index contributed by atoms with van der Waals surface area (Å²) in [6, 6.07) is 9.65. The van der Waals surface area contributed by atoms with Gasteiger partial charge in [-0.1, -0.05) is 0 Å². The minimum absolute atomic E-state index is 0.256. The van der Waals surface area contributed by atoms with Crippen molar-refractivity contribution in [2.75, 3.05) is 23.0 Å². The Balaban J connectivity index is 1.50. The molecule has 0 radical (unpaired) electrons. The van der Waals surface area contributed by atoms with Crippen molar-refractivity contribution in [3.8, 4) is 0 Å². The molecule has 0 atom stereocenters. The Hall–Kier alpha value is -4.15. The van der Waals surface area contributed by atoms with Crippen LogP contribution in [0.5, 0.6) is 0 Å². The predicted molar refractivity (Wildman–Crippen MR) is 114 cm³/mol. The van der Waals surface area contributed by atoms with Gasteiger partial charge in [-0.3, -0.25) is 10.1 Å². The number of pyridine rings is 1. The van der Waals surface area contributed by atoms with Crippen LogP contribution in [0.15, 0.2) is 54.7 Å². The maximum atomic E-state index is 13.3. The number of urea groups is 1. The minimum Gasteiger partial charge on any atom is -0.355 e. The van der Waals surface area contributed by atoms with Crippen molar-refractivity contribution < 1.29 is 27.2 Å². The lowest BCUT2D eigenvalue weighted by molar-refractivity contribution is -0.138. The first-order valence-corrected chi connectivity index (χ1v) is 9.67. The summed E-state index contributed by atoms with van der Waals surface area (Å²) in [5.41, 5.74) is 0.363. The third-order valence-electron chi connectivity index (χ3n) is 4.98. The number of aromatic nitrogens is 1. The van der Waals surface area contributed by atoms with Crippen molar-refractivity contribution in [2.45, 2.75) is 12.7 Å². The smallest absolute Gasteiger partial charge is 0.355 e. The molecule has 3 N–H and O–H groups in total. The second-order valence-corrected chi connectivity index (χ2v) is 7.32. The van der Waals surface area contributed by atoms with E-state index in [1.807, 2.05) is 0 Å². The number of amides is 3. The number of nitrogens with zero attached hydrogens (tertiary/aromatic N) is 2. The highest BCUT2D eigenvalue weighted by Gasteiger charge is 2.35. The Morgan fingerprint density at radius 1 is 1.09 bits per heavy atom. The van der Waals surface area contributed by atoms with Crippen LogP contribution in [0, 0.1) is 5.82 Å². The lowest BCUT2D eigenvalue weighted by atomic mass is 10.1. The molecule has 0 spiro atoms. The largest absolute Gasteiger partial charge is 0.417 e. The highest BCUT2D eigenvalue weighted by molar-refractivity contribution is 6.05. The minimum atomic E-state index is -4.88. The molecule has 2 heterocycles. The number of halogens is 4. The van der Waals surface area contributed by atoms with E-state index in [1.165, 1.54) is 17.0 Å². The fourth-order valence-electron chi connectivity index (χ4n) is 3.32. The molecule has 2 aromatic carbocycles. The van der Waals surface area contributed by atoms with Crippen LogP contribution >= 0.6 is 0 Å². The van der Waals surface area contributed by atoms with Crippen LogP contribution in [-0.2, 0) is 12.7 Å². The first-order valence-electron chi connectivity index (χ1n) is 9.67. The van der Waals surface area contributed by atoms with Gasteiger partial charge in [-0.05, 0) is 48.5 Å². The summed E-state index contributed by atoms with van der Waals surface area (Å²) in [6.45, 7) is 0.352. The number of carbonyl (C=O) groups excluding carboxylic acids is 2. The number of rotatable bonds is 4. The highest BCUT2D eigenvalue weighted by Crippen LogP contribution is 2.33. The van der Waals surface area contributed by atoms with E-state index in [9.17, 15) is 27.2 Å². The van der Waals surface area contributed by atoms with Crippen LogP contribution in [0.25, 0.3) is 0 Å². The van der Waals surface area contributed by atoms with Gasteiger partial charge in [-0.25, -0.2) is 14.2 Å². The van der Waals surface area contributed by atoms with Gasteiger partial charge in [0, 0.05) is 35.9 Å². The maximum Gasteiger partial charge on any atom is 0.417 e. The maximum absolute atomic E-state index is 13.3. The Morgan fingerprint density at radius 2 is 1.79 bits per heavy atom. The summed E-state index contributed by atoms with van der Waals surface area (Å²) in [6.07, 6.45) is -3.33. The van der Waals surface area contributed by atoms with E-state index in [0.29, 0.717) is 23.7 Å². The third kappa shape index (κ3) is 4.71. The molecule has 170 valence electrons. The van der Waals surface area contributed by atoms with E-state index in [4.69, 9.17) is 0 Å². The Morgan fingerprint density at radius 3 is 2.48 bits per heavy atom. The molecule has 3 amide bonds. The van der Waals surface area contributed by atoms with Gasteiger partial charge < -0.3 is 15.5 Å². The van der Waals surface area contributed by atoms with Gasteiger partial charge in [-0.2, -0.15) is 13.2 Å². The van der Waals surface area contributed by atoms with E-state index in [-0.39, 0.29) is 17.8 Å². The second-order valence-electron chi connectivity index (χ2n) is 7.32. The van der Waals surface area contributed by atoms with Gasteiger partial charge in [0.1, 0.15) is 11.6 Å². The number of benzene rings is 2. The van der Waals surface area contributed by atoms with E-state index in [0.717, 1.165) is 17.7 Å². The lowest BCUT2D eigenvalue weighted by Crippen LogP contribution is -2.36. The van der Waals surface area contributed by atoms with E-state index in [2.05, 4.69) is 20.9 Å². The molecule has 0 saturated carbocycles. The van der Waals surface area contributed by atoms with Gasteiger partial charge in [0.25, 0.3) is 5.91 Å². The van der Waals surface area contributed by atoms with Crippen molar-refractivity contribution in [1.82, 2.24) is 9.88 Å². The summed E-state index contributed by atoms with van der Waals surface area (Å²) >= 11 is 0. The molecule has 33 heavy (non-hydrogen) atoms. The van der Waals surface area contributed by atoms with E-state index in [1.54, 1.807) is 31.4 Å². The molecular formula is C22H17F4N5O2. The molecule has 0 aliphatic carbocycles. The van der Waals surface area contributed by atoms with Crippen LogP contribution in [0.4, 0.5) is 45.2 Å². The predicted octanol–water partition coefficient (Wildman–Crippen LogP) is 5.21. The number of carbonyl (C=O) groups is 2. The van der Waals surface area contributed by atoms with Crippen molar-refractivity contribution in [1.29, 1.82) is 0 Å². The molecule has 0 saturated heterocycles. The number of anilines is 4. The zero-order valence-electron chi connectivity index (χ0n) is 17.1. The molecule has 11 heteroatoms. The zero-order valence-corrected chi connectivity index (χ0v) is 17.1. The molecule has 1 aliphatic rings. The summed E-state index contributed by atoms with van der Waals surface area (Å²) in [5.74, 6) is -1.64. The molecule has 4 rings (SSSR count). The van der Waals surface area contributed by atoms with Crippen LogP contribution in [0.3, 0.4) is 0 Å². The van der Waals surface area contributed by atoms with Gasteiger partial charge in [-0.15, -0.1) is 0 Å². The molecule has 1 aliphatic heterocycles. The molecule has 7 nitrogen and oxygen atoms in total. The number of hydrogen-bond donors (Lipinski definition) is 3. The molecule has 3 aromatic rings. The average molecular weight is 459 g/mol. The van der Waals surface area contributed by atoms with Gasteiger partial charge >= 0.3 is 12.2 Å². The fourth-order valence-corrected chi connectivity index (χ4v) is 3.32. The molecule has 0 fully saturated rings. The summed E-state index contributed by atoms with van der Waals surface area (Å²) in [5, 5.41) is 8.27. The number of nitrogens with one attached hydrogen (secondary N) is 3. The average Bonchev–Trinajstić information content (AvgIpc) is 2.76. The summed E-state index contributed by atoms with van der Waals surface area (Å²) in [4.78, 5) is 29.8. The normalized spacial score (nSPS) is 13.2. The van der Waals surface area contributed by atoms with Crippen molar-refractivity contribution in [3.05, 3.63) is 77.2 Å². The quantitative estimate of drug-likeness (QED) is 0.468. The topological polar surface area (TPSA) is 86.4 Å². The van der Waals surface area contributed by atoms with Crippen LogP contribution in [0.1, 0.15) is 21.5 Å². The molecule has 0 bridgehead atoms. The van der Waals surface area contributed by atoms with E-state index < -0.39 is 29.0 Å². The standard InChI is InChI=1S/C22H17F4N5O2/c1-31-11-16-18(8-9-27-19(16)30-21(31)33)28-13-3-5-14(6-4-13)29-20(32)15-7-2-12(23)10-17(15)22(24,25)26/h2-10H,11H2,1H3,(H,29,32)(H2,27,28,30,33). The highest BCUT2D eigenvalue weighted by atomic mass is 19.4. The van der Waals surface area contributed by atoms with Crippen molar-refractivity contribution in [2.24, 2.45) is 0 Å². The fraction of sp³-hybridized carbons (Fsp3) is 0.136. The summed E-state index contributed by atoms with van der Waals surface area (Å²) in [7, 11) is 1.65. The zero-order chi connectivity index (χ0) is 23.8. The SMILES string of the molecule is CN1Cc2c(Nc3ccc(NC(=O)c4ccc(F)cc4C(F)(F)F)cc3)ccnc2NC1=O. The van der Waals surface area contributed by atoms with Crippen LogP contribution in [-0.4, -0.2) is 28.9 Å². The van der Waals surface area contributed by atoms with Crippen molar-refractivity contribution >= 4 is 34.8 Å². The molecular weight excluding hydrogens is 442 g/mol. The third-order valence-corrected chi connectivity index (χ3v) is 4.98. The van der Waals surface area contributed by atoms with Crippen LogP contribution in [0.2, 0.25) is 0 Å². The molecule has 0 unspecified atom stereocenters. The number of alkyl halides is 3. The van der Waals surface area contributed by atoms with E-state index >= 15 is 0 Å². The monoisotopic (exact) mass is 459 g/mol. The molecule has 1 aromatic heterocycles. The van der Waals surface area contributed by atoms with Gasteiger partial charge in [0.2, 0.25) is 0 Å². The Kier molecular flexibility index (Phi) is 5.62. The second kappa shape index (κ2) is 8.41. The number of hydrogen-bond acceptors (Lipinski definition) is 4. The summed E-state index contributed by atoms with van der Waals surface area (Å²) < 4.78 is 52.8. The van der Waals surface area contributed by atoms with Gasteiger partial charge in [0.05, 0.1) is 17.7 Å². The Bertz CT molecular complexity index is 1230. The van der Waals surface area contributed by atoms with Crippen LogP contribution < -0.4 is 16.0 Å². The Labute approximate surface area is 185 Å². The lowest BCUT2D eigenvalue weighted by Gasteiger charge is -2.27. The first-order chi connectivity index (χ1) is 15.6. The first kappa shape index (κ1) is 22.1.